The van der Waals surface area contributed by atoms with Crippen LogP contribution in [0.1, 0.15) is 22.5 Å². The predicted molar refractivity (Wildman–Crippen MR) is 112 cm³/mol. The van der Waals surface area contributed by atoms with Gasteiger partial charge in [0.25, 0.3) is 5.91 Å². The summed E-state index contributed by atoms with van der Waals surface area (Å²) >= 11 is 0. The third-order valence-electron chi connectivity index (χ3n) is 4.56. The second kappa shape index (κ2) is 11.2. The maximum absolute atomic E-state index is 14.2. The first-order valence-electron chi connectivity index (χ1n) is 9.93. The number of aromatic nitrogens is 3. The SMILES string of the molecule is O=C(NCCF)c1ccc(F)c(-c2ccc(NCC[C@H](F)Cc3ncccc3F)nn2)c1. The maximum atomic E-state index is 14.2. The fraction of sp³-hybridized carbons (Fsp3) is 0.273. The molecule has 3 rings (SSSR count). The lowest BCUT2D eigenvalue weighted by Crippen LogP contribution is -2.25. The Kier molecular flexibility index (Phi) is 8.07. The fourth-order valence-electron chi connectivity index (χ4n) is 2.93. The number of hydrogen-bond acceptors (Lipinski definition) is 5. The van der Waals surface area contributed by atoms with Crippen LogP contribution in [-0.2, 0) is 6.42 Å². The molecular weight excluding hydrogens is 426 g/mol. The van der Waals surface area contributed by atoms with Crippen LogP contribution in [0.4, 0.5) is 23.4 Å². The number of benzene rings is 1. The molecule has 0 saturated heterocycles. The van der Waals surface area contributed by atoms with Gasteiger partial charge in [-0.2, -0.15) is 0 Å². The molecule has 2 heterocycles. The van der Waals surface area contributed by atoms with Crippen LogP contribution in [0.15, 0.2) is 48.7 Å². The number of amides is 1. The minimum atomic E-state index is -1.29. The van der Waals surface area contributed by atoms with Gasteiger partial charge in [0.1, 0.15) is 30.3 Å². The molecule has 168 valence electrons. The largest absolute Gasteiger partial charge is 0.368 e. The van der Waals surface area contributed by atoms with Crippen LogP contribution < -0.4 is 10.6 Å². The number of carbonyl (C=O) groups is 1. The molecule has 6 nitrogen and oxygen atoms in total. The van der Waals surface area contributed by atoms with Gasteiger partial charge in [0, 0.05) is 36.8 Å². The number of alkyl halides is 2. The molecular formula is C22H21F4N5O. The van der Waals surface area contributed by atoms with Crippen molar-refractivity contribution in [2.45, 2.75) is 19.0 Å². The maximum Gasteiger partial charge on any atom is 0.251 e. The Morgan fingerprint density at radius 2 is 1.88 bits per heavy atom. The quantitative estimate of drug-likeness (QED) is 0.461. The van der Waals surface area contributed by atoms with E-state index in [1.54, 1.807) is 6.07 Å². The van der Waals surface area contributed by atoms with Crippen molar-refractivity contribution in [3.8, 4) is 11.3 Å². The summed E-state index contributed by atoms with van der Waals surface area (Å²) in [5.74, 6) is -1.31. The van der Waals surface area contributed by atoms with Gasteiger partial charge in [-0.15, -0.1) is 10.2 Å². The van der Waals surface area contributed by atoms with Gasteiger partial charge in [0.15, 0.2) is 0 Å². The molecule has 0 bridgehead atoms. The molecule has 0 aliphatic rings. The predicted octanol–water partition coefficient (Wildman–Crippen LogP) is 3.90. The van der Waals surface area contributed by atoms with E-state index in [2.05, 4.69) is 25.8 Å². The molecule has 3 aromatic rings. The zero-order valence-electron chi connectivity index (χ0n) is 17.0. The molecule has 0 spiro atoms. The smallest absolute Gasteiger partial charge is 0.251 e. The molecule has 0 fully saturated rings. The summed E-state index contributed by atoms with van der Waals surface area (Å²) in [5, 5.41) is 13.2. The van der Waals surface area contributed by atoms with E-state index in [1.807, 2.05) is 0 Å². The fourth-order valence-corrected chi connectivity index (χ4v) is 2.93. The highest BCUT2D eigenvalue weighted by molar-refractivity contribution is 5.95. The van der Waals surface area contributed by atoms with E-state index in [9.17, 15) is 22.4 Å². The van der Waals surface area contributed by atoms with Gasteiger partial charge in [-0.1, -0.05) is 0 Å². The number of hydrogen-bond donors (Lipinski definition) is 2. The zero-order chi connectivity index (χ0) is 22.9. The summed E-state index contributed by atoms with van der Waals surface area (Å²) in [7, 11) is 0. The number of halogens is 4. The lowest BCUT2D eigenvalue weighted by Gasteiger charge is -2.10. The average molecular weight is 447 g/mol. The summed E-state index contributed by atoms with van der Waals surface area (Å²) in [6.45, 7) is -0.618. The van der Waals surface area contributed by atoms with Crippen LogP contribution in [0.5, 0.6) is 0 Å². The van der Waals surface area contributed by atoms with Crippen LogP contribution in [-0.4, -0.2) is 47.0 Å². The Morgan fingerprint density at radius 1 is 1.03 bits per heavy atom. The Bertz CT molecular complexity index is 1050. The Hall–Kier alpha value is -3.56. The first kappa shape index (κ1) is 23.1. The summed E-state index contributed by atoms with van der Waals surface area (Å²) in [4.78, 5) is 15.8. The number of anilines is 1. The van der Waals surface area contributed by atoms with Gasteiger partial charge >= 0.3 is 0 Å². The number of rotatable bonds is 10. The molecule has 0 unspecified atom stereocenters. The first-order chi connectivity index (χ1) is 15.5. The third kappa shape index (κ3) is 6.22. The molecule has 10 heteroatoms. The monoisotopic (exact) mass is 447 g/mol. The average Bonchev–Trinajstić information content (AvgIpc) is 2.80. The lowest BCUT2D eigenvalue weighted by atomic mass is 10.1. The molecule has 0 saturated carbocycles. The first-order valence-corrected chi connectivity index (χ1v) is 9.93. The van der Waals surface area contributed by atoms with Crippen LogP contribution in [0.3, 0.4) is 0 Å². The summed E-state index contributed by atoms with van der Waals surface area (Å²) in [5.41, 5.74) is 0.504. The Labute approximate surface area is 182 Å². The van der Waals surface area contributed by atoms with Crippen molar-refractivity contribution < 1.29 is 22.4 Å². The van der Waals surface area contributed by atoms with E-state index in [-0.39, 0.29) is 48.4 Å². The molecule has 0 aliphatic heterocycles. The van der Waals surface area contributed by atoms with Crippen molar-refractivity contribution in [3.63, 3.8) is 0 Å². The van der Waals surface area contributed by atoms with E-state index < -0.39 is 30.4 Å². The van der Waals surface area contributed by atoms with Gasteiger partial charge < -0.3 is 10.6 Å². The Balaban J connectivity index is 1.57. The molecule has 0 radical (unpaired) electrons. The molecule has 1 aromatic carbocycles. The second-order valence-corrected chi connectivity index (χ2v) is 6.89. The normalized spacial score (nSPS) is 11.8. The second-order valence-electron chi connectivity index (χ2n) is 6.89. The Morgan fingerprint density at radius 3 is 2.59 bits per heavy atom. The van der Waals surface area contributed by atoms with Crippen molar-refractivity contribution in [1.82, 2.24) is 20.5 Å². The summed E-state index contributed by atoms with van der Waals surface area (Å²) < 4.78 is 54.1. The summed E-state index contributed by atoms with van der Waals surface area (Å²) in [6.07, 6.45) is 0.0900. The molecule has 2 aromatic heterocycles. The van der Waals surface area contributed by atoms with Gasteiger partial charge in [0.05, 0.1) is 11.4 Å². The minimum Gasteiger partial charge on any atom is -0.368 e. The molecule has 32 heavy (non-hydrogen) atoms. The topological polar surface area (TPSA) is 79.8 Å². The van der Waals surface area contributed by atoms with Crippen LogP contribution in [0, 0.1) is 11.6 Å². The molecule has 1 amide bonds. The molecule has 2 N–H and O–H groups in total. The van der Waals surface area contributed by atoms with Crippen molar-refractivity contribution in [1.29, 1.82) is 0 Å². The van der Waals surface area contributed by atoms with Crippen LogP contribution in [0.25, 0.3) is 11.3 Å². The van der Waals surface area contributed by atoms with Crippen molar-refractivity contribution in [2.75, 3.05) is 25.1 Å². The molecule has 0 aliphatic carbocycles. The van der Waals surface area contributed by atoms with E-state index >= 15 is 0 Å². The zero-order valence-corrected chi connectivity index (χ0v) is 17.0. The highest BCUT2D eigenvalue weighted by Crippen LogP contribution is 2.22. The molecule has 1 atom stereocenters. The van der Waals surface area contributed by atoms with E-state index in [0.29, 0.717) is 5.82 Å². The van der Waals surface area contributed by atoms with E-state index in [0.717, 1.165) is 6.07 Å². The van der Waals surface area contributed by atoms with Gasteiger partial charge in [-0.05, 0) is 48.9 Å². The van der Waals surface area contributed by atoms with Crippen molar-refractivity contribution in [3.05, 3.63) is 71.6 Å². The number of nitrogens with one attached hydrogen (secondary N) is 2. The highest BCUT2D eigenvalue weighted by Gasteiger charge is 2.14. The minimum absolute atomic E-state index is 0.0677. The van der Waals surface area contributed by atoms with Gasteiger partial charge in [-0.25, -0.2) is 17.6 Å². The standard InChI is InChI=1S/C22H21F4N5O/c23-8-11-29-22(32)14-3-4-17(25)16(12-14)19-5-6-21(31-30-19)28-10-7-15(24)13-20-18(26)2-1-9-27-20/h1-6,9,12,15H,7-8,10-11,13H2,(H,28,31)(H,29,32)/t15-/m0/s1. The van der Waals surface area contributed by atoms with Gasteiger partial charge in [-0.3, -0.25) is 9.78 Å². The van der Waals surface area contributed by atoms with Crippen LogP contribution >= 0.6 is 0 Å². The van der Waals surface area contributed by atoms with Crippen molar-refractivity contribution in [2.24, 2.45) is 0 Å². The number of nitrogens with zero attached hydrogens (tertiary/aromatic N) is 3. The van der Waals surface area contributed by atoms with Crippen LogP contribution in [0.2, 0.25) is 0 Å². The van der Waals surface area contributed by atoms with E-state index in [1.165, 1.54) is 36.5 Å². The number of pyridine rings is 1. The number of carbonyl (C=O) groups excluding carboxylic acids is 1. The summed E-state index contributed by atoms with van der Waals surface area (Å²) in [6, 6.07) is 9.46. The van der Waals surface area contributed by atoms with Crippen molar-refractivity contribution >= 4 is 11.7 Å². The lowest BCUT2D eigenvalue weighted by molar-refractivity contribution is 0.0951. The van der Waals surface area contributed by atoms with Gasteiger partial charge in [0.2, 0.25) is 0 Å². The highest BCUT2D eigenvalue weighted by atomic mass is 19.1. The van der Waals surface area contributed by atoms with E-state index in [4.69, 9.17) is 0 Å². The third-order valence-corrected chi connectivity index (χ3v) is 4.56.